The first-order chi connectivity index (χ1) is 12.4. The van der Waals surface area contributed by atoms with Crippen molar-refractivity contribution in [2.45, 2.75) is 122 Å². The van der Waals surface area contributed by atoms with Crippen LogP contribution in [0.5, 0.6) is 0 Å². The first-order valence-electron chi connectivity index (χ1n) is 11.5. The van der Waals surface area contributed by atoms with Gasteiger partial charge in [-0.25, -0.2) is 0 Å². The van der Waals surface area contributed by atoms with Gasteiger partial charge in [0, 0.05) is 0 Å². The number of allylic oxidation sites excluding steroid dienone is 4. The molecule has 0 unspecified atom stereocenters. The topological polar surface area (TPSA) is 26.0 Å². The molecule has 0 radical (unpaired) electrons. The molecule has 2 N–H and O–H groups in total. The first-order valence-corrected chi connectivity index (χ1v) is 11.5. The van der Waals surface area contributed by atoms with Gasteiger partial charge in [-0.15, -0.1) is 0 Å². The van der Waals surface area contributed by atoms with E-state index in [-0.39, 0.29) is 0 Å². The predicted molar refractivity (Wildman–Crippen MR) is 114 cm³/mol. The predicted octanol–water partition coefficient (Wildman–Crippen LogP) is 7.85. The lowest BCUT2D eigenvalue weighted by atomic mass is 9.94. The second-order valence-corrected chi connectivity index (χ2v) is 7.94. The average Bonchev–Trinajstić information content (AvgIpc) is 2.65. The lowest BCUT2D eigenvalue weighted by molar-refractivity contribution is 0.589. The quantitative estimate of drug-likeness (QED) is 0.223. The summed E-state index contributed by atoms with van der Waals surface area (Å²) < 4.78 is 0. The highest BCUT2D eigenvalue weighted by molar-refractivity contribution is 5.03. The van der Waals surface area contributed by atoms with E-state index in [4.69, 9.17) is 5.73 Å². The van der Waals surface area contributed by atoms with Crippen molar-refractivity contribution < 1.29 is 0 Å². The third-order valence-corrected chi connectivity index (χ3v) is 5.50. The third-order valence-electron chi connectivity index (χ3n) is 5.50. The van der Waals surface area contributed by atoms with Gasteiger partial charge in [0.1, 0.15) is 0 Å². The summed E-state index contributed by atoms with van der Waals surface area (Å²) in [5.41, 5.74) is 7.26. The molecule has 0 aromatic heterocycles. The van der Waals surface area contributed by atoms with E-state index in [1.54, 1.807) is 5.57 Å². The Kier molecular flexibility index (Phi) is 16.4. The fourth-order valence-electron chi connectivity index (χ4n) is 3.80. The number of hydrogen-bond acceptors (Lipinski definition) is 1. The third kappa shape index (κ3) is 15.4. The number of unbranched alkanes of at least 4 members (excludes halogenated alkanes) is 12. The van der Waals surface area contributed by atoms with Gasteiger partial charge in [0.25, 0.3) is 0 Å². The van der Waals surface area contributed by atoms with Crippen molar-refractivity contribution in [2.24, 2.45) is 5.73 Å². The van der Waals surface area contributed by atoms with Crippen LogP contribution in [0, 0.1) is 0 Å². The molecule has 0 bridgehead atoms. The second kappa shape index (κ2) is 18.2. The average molecular weight is 348 g/mol. The van der Waals surface area contributed by atoms with Crippen LogP contribution in [-0.2, 0) is 0 Å². The standard InChI is InChI=1S/C24H45N/c25-23-19-14-12-10-8-6-4-2-1-3-5-7-9-11-13-16-20-24-21-17-15-18-22-24/h1-2,20H,3-19,21-23,25H2. The summed E-state index contributed by atoms with van der Waals surface area (Å²) in [6.45, 7) is 0.862. The molecule has 0 aromatic rings. The van der Waals surface area contributed by atoms with E-state index in [1.165, 1.54) is 122 Å². The Morgan fingerprint density at radius 1 is 0.560 bits per heavy atom. The summed E-state index contributed by atoms with van der Waals surface area (Å²) in [5, 5.41) is 0. The van der Waals surface area contributed by atoms with Crippen molar-refractivity contribution in [2.75, 3.05) is 6.54 Å². The van der Waals surface area contributed by atoms with Gasteiger partial charge in [0.2, 0.25) is 0 Å². The normalized spacial score (nSPS) is 15.2. The lowest BCUT2D eigenvalue weighted by Crippen LogP contribution is -1.97. The number of nitrogens with two attached hydrogens (primary N) is 1. The molecule has 25 heavy (non-hydrogen) atoms. The van der Waals surface area contributed by atoms with E-state index in [2.05, 4.69) is 18.2 Å². The summed E-state index contributed by atoms with van der Waals surface area (Å²) in [5.74, 6) is 0. The van der Waals surface area contributed by atoms with Gasteiger partial charge in [-0.1, -0.05) is 75.2 Å². The highest BCUT2D eigenvalue weighted by Gasteiger charge is 2.03. The Balaban J connectivity index is 1.75. The van der Waals surface area contributed by atoms with Crippen molar-refractivity contribution in [3.05, 3.63) is 23.8 Å². The van der Waals surface area contributed by atoms with Crippen LogP contribution in [-0.4, -0.2) is 6.54 Å². The van der Waals surface area contributed by atoms with Gasteiger partial charge < -0.3 is 5.73 Å². The summed E-state index contributed by atoms with van der Waals surface area (Å²) in [6, 6.07) is 0. The van der Waals surface area contributed by atoms with E-state index < -0.39 is 0 Å². The number of rotatable bonds is 16. The largest absolute Gasteiger partial charge is 0.330 e. The van der Waals surface area contributed by atoms with Crippen molar-refractivity contribution >= 4 is 0 Å². The van der Waals surface area contributed by atoms with Crippen molar-refractivity contribution in [1.29, 1.82) is 0 Å². The molecule has 1 nitrogen and oxygen atoms in total. The van der Waals surface area contributed by atoms with E-state index in [0.29, 0.717) is 0 Å². The van der Waals surface area contributed by atoms with Crippen LogP contribution in [0.25, 0.3) is 0 Å². The van der Waals surface area contributed by atoms with Gasteiger partial charge in [0.05, 0.1) is 0 Å². The summed E-state index contributed by atoms with van der Waals surface area (Å²) in [4.78, 5) is 0. The SMILES string of the molecule is NCCCCCCCCC=CCCCCCCCC=C1CCCCC1. The maximum absolute atomic E-state index is 5.51. The molecule has 0 atom stereocenters. The van der Waals surface area contributed by atoms with Crippen LogP contribution in [0.1, 0.15) is 122 Å². The molecule has 1 heteroatoms. The van der Waals surface area contributed by atoms with Crippen LogP contribution in [0.4, 0.5) is 0 Å². The Hall–Kier alpha value is -0.560. The van der Waals surface area contributed by atoms with Gasteiger partial charge in [-0.3, -0.25) is 0 Å². The molecule has 0 aromatic carbocycles. The zero-order valence-corrected chi connectivity index (χ0v) is 17.0. The molecule has 146 valence electrons. The molecule has 0 heterocycles. The van der Waals surface area contributed by atoms with E-state index in [1.807, 2.05) is 0 Å². The molecule has 1 saturated carbocycles. The Bertz CT molecular complexity index is 321. The minimum atomic E-state index is 0.862. The Labute approximate surface area is 158 Å². The number of hydrogen-bond donors (Lipinski definition) is 1. The minimum absolute atomic E-state index is 0.862. The molecule has 0 saturated heterocycles. The molecule has 0 spiro atoms. The minimum Gasteiger partial charge on any atom is -0.330 e. The first kappa shape index (κ1) is 22.5. The summed E-state index contributed by atoms with van der Waals surface area (Å²) in [7, 11) is 0. The highest BCUT2D eigenvalue weighted by atomic mass is 14.5. The molecular formula is C24H45N. The van der Waals surface area contributed by atoms with Crippen molar-refractivity contribution in [1.82, 2.24) is 0 Å². The maximum Gasteiger partial charge on any atom is -0.00773 e. The smallest absolute Gasteiger partial charge is 0.00773 e. The van der Waals surface area contributed by atoms with Crippen LogP contribution < -0.4 is 5.73 Å². The molecule has 1 rings (SSSR count). The molecule has 0 amide bonds. The Morgan fingerprint density at radius 3 is 1.60 bits per heavy atom. The van der Waals surface area contributed by atoms with Gasteiger partial charge in [-0.2, -0.15) is 0 Å². The van der Waals surface area contributed by atoms with E-state index in [0.717, 1.165) is 6.54 Å². The van der Waals surface area contributed by atoms with Crippen LogP contribution in [0.15, 0.2) is 23.8 Å². The van der Waals surface area contributed by atoms with E-state index >= 15 is 0 Å². The zero-order chi connectivity index (χ0) is 17.8. The zero-order valence-electron chi connectivity index (χ0n) is 17.0. The monoisotopic (exact) mass is 347 g/mol. The fourth-order valence-corrected chi connectivity index (χ4v) is 3.80. The lowest BCUT2D eigenvalue weighted by Gasteiger charge is -2.13. The fraction of sp³-hybridized carbons (Fsp3) is 0.833. The van der Waals surface area contributed by atoms with Crippen LogP contribution in [0.2, 0.25) is 0 Å². The Morgan fingerprint density at radius 2 is 1.04 bits per heavy atom. The maximum atomic E-state index is 5.51. The molecule has 1 aliphatic carbocycles. The van der Waals surface area contributed by atoms with Crippen LogP contribution >= 0.6 is 0 Å². The molecule has 1 fully saturated rings. The van der Waals surface area contributed by atoms with Gasteiger partial charge in [0.15, 0.2) is 0 Å². The van der Waals surface area contributed by atoms with Gasteiger partial charge >= 0.3 is 0 Å². The summed E-state index contributed by atoms with van der Waals surface area (Å²) >= 11 is 0. The molecule has 0 aliphatic heterocycles. The summed E-state index contributed by atoms with van der Waals surface area (Å²) in [6.07, 6.45) is 33.5. The van der Waals surface area contributed by atoms with Crippen molar-refractivity contribution in [3.8, 4) is 0 Å². The van der Waals surface area contributed by atoms with Crippen LogP contribution in [0.3, 0.4) is 0 Å². The van der Waals surface area contributed by atoms with Crippen molar-refractivity contribution in [3.63, 3.8) is 0 Å². The molecule has 1 aliphatic rings. The highest BCUT2D eigenvalue weighted by Crippen LogP contribution is 2.23. The second-order valence-electron chi connectivity index (χ2n) is 7.94. The van der Waals surface area contributed by atoms with Gasteiger partial charge in [-0.05, 0) is 77.2 Å². The van der Waals surface area contributed by atoms with E-state index in [9.17, 15) is 0 Å². The molecular weight excluding hydrogens is 302 g/mol.